The minimum Gasteiger partial charge on any atom is -0.495 e. The Labute approximate surface area is 160 Å². The number of carbonyl (C=O) groups excluding carboxylic acids is 2. The molecule has 2 aromatic carbocycles. The number of rotatable bonds is 6. The highest BCUT2D eigenvalue weighted by atomic mass is 35.5. The summed E-state index contributed by atoms with van der Waals surface area (Å²) in [6.45, 7) is 1.76. The Morgan fingerprint density at radius 3 is 2.78 bits per heavy atom. The van der Waals surface area contributed by atoms with Crippen LogP contribution in [-0.2, 0) is 9.53 Å². The summed E-state index contributed by atoms with van der Waals surface area (Å²) in [4.78, 5) is 31.9. The number of halogens is 1. The van der Waals surface area contributed by atoms with E-state index in [1.165, 1.54) is 7.11 Å². The van der Waals surface area contributed by atoms with Crippen LogP contribution >= 0.6 is 11.6 Å². The number of fused-ring (bicyclic) bond motifs is 1. The summed E-state index contributed by atoms with van der Waals surface area (Å²) >= 11 is 6.06. The van der Waals surface area contributed by atoms with Crippen LogP contribution in [0.4, 0.5) is 5.69 Å². The number of nitrogens with one attached hydrogen (secondary N) is 2. The summed E-state index contributed by atoms with van der Waals surface area (Å²) < 4.78 is 10.5. The number of carbonyl (C=O) groups is 2. The molecule has 140 valence electrons. The van der Waals surface area contributed by atoms with E-state index in [2.05, 4.69) is 15.3 Å². The molecule has 0 spiro atoms. The molecule has 0 saturated heterocycles. The van der Waals surface area contributed by atoms with Gasteiger partial charge in [-0.05, 0) is 42.8 Å². The molecule has 0 saturated carbocycles. The molecule has 7 nitrogen and oxygen atoms in total. The van der Waals surface area contributed by atoms with Crippen molar-refractivity contribution in [1.82, 2.24) is 9.97 Å². The molecule has 27 heavy (non-hydrogen) atoms. The quantitative estimate of drug-likeness (QED) is 0.627. The van der Waals surface area contributed by atoms with Crippen LogP contribution in [0, 0.1) is 0 Å². The predicted octanol–water partition coefficient (Wildman–Crippen LogP) is 3.80. The molecule has 0 aliphatic heterocycles. The van der Waals surface area contributed by atoms with Gasteiger partial charge in [0.25, 0.3) is 5.91 Å². The lowest BCUT2D eigenvalue weighted by atomic mass is 10.2. The number of imidazole rings is 1. The van der Waals surface area contributed by atoms with Crippen molar-refractivity contribution in [2.75, 3.05) is 12.4 Å². The van der Waals surface area contributed by atoms with Crippen LogP contribution in [0.5, 0.6) is 5.75 Å². The summed E-state index contributed by atoms with van der Waals surface area (Å²) in [5.41, 5.74) is 2.28. The Balaban J connectivity index is 1.69. The van der Waals surface area contributed by atoms with Gasteiger partial charge in [0.1, 0.15) is 5.75 Å². The molecule has 0 aliphatic carbocycles. The molecule has 8 heteroatoms. The molecule has 2 N–H and O–H groups in total. The SMILES string of the molecule is CCC(OC(=O)c1ccc2nc[nH]c2c1)C(=O)Nc1ccc(OC)c(Cl)c1. The van der Waals surface area contributed by atoms with E-state index in [9.17, 15) is 9.59 Å². The largest absolute Gasteiger partial charge is 0.495 e. The number of amides is 1. The molecule has 1 unspecified atom stereocenters. The van der Waals surface area contributed by atoms with E-state index in [1.54, 1.807) is 49.6 Å². The number of hydrogen-bond acceptors (Lipinski definition) is 5. The van der Waals surface area contributed by atoms with E-state index in [4.69, 9.17) is 21.1 Å². The highest BCUT2D eigenvalue weighted by Gasteiger charge is 2.22. The summed E-state index contributed by atoms with van der Waals surface area (Å²) in [5, 5.41) is 3.06. The molecular formula is C19H18ClN3O4. The van der Waals surface area contributed by atoms with Crippen LogP contribution in [-0.4, -0.2) is 35.1 Å². The van der Waals surface area contributed by atoms with Crippen LogP contribution in [0.25, 0.3) is 11.0 Å². The number of esters is 1. The van der Waals surface area contributed by atoms with Gasteiger partial charge in [-0.3, -0.25) is 4.79 Å². The zero-order valence-electron chi connectivity index (χ0n) is 14.8. The molecule has 0 fully saturated rings. The molecule has 1 aromatic heterocycles. The van der Waals surface area contributed by atoms with E-state index in [1.807, 2.05) is 0 Å². The van der Waals surface area contributed by atoms with Gasteiger partial charge < -0.3 is 19.8 Å². The highest BCUT2D eigenvalue weighted by molar-refractivity contribution is 6.32. The van der Waals surface area contributed by atoms with Crippen molar-refractivity contribution in [3.8, 4) is 5.75 Å². The number of aromatic nitrogens is 2. The fraction of sp³-hybridized carbons (Fsp3) is 0.211. The number of ether oxygens (including phenoxy) is 2. The van der Waals surface area contributed by atoms with Crippen molar-refractivity contribution < 1.29 is 19.1 Å². The number of hydrogen-bond donors (Lipinski definition) is 2. The fourth-order valence-corrected chi connectivity index (χ4v) is 2.81. The van der Waals surface area contributed by atoms with Gasteiger partial charge >= 0.3 is 5.97 Å². The Kier molecular flexibility index (Phi) is 5.61. The zero-order chi connectivity index (χ0) is 19.4. The van der Waals surface area contributed by atoms with Gasteiger partial charge in [0.15, 0.2) is 6.10 Å². The molecule has 1 amide bonds. The lowest BCUT2D eigenvalue weighted by molar-refractivity contribution is -0.124. The maximum atomic E-state index is 12.5. The van der Waals surface area contributed by atoms with E-state index in [0.717, 1.165) is 11.0 Å². The lowest BCUT2D eigenvalue weighted by Crippen LogP contribution is -2.32. The summed E-state index contributed by atoms with van der Waals surface area (Å²) in [6, 6.07) is 9.83. The Bertz CT molecular complexity index is 986. The van der Waals surface area contributed by atoms with Gasteiger partial charge in [-0.2, -0.15) is 0 Å². The maximum Gasteiger partial charge on any atom is 0.338 e. The molecule has 1 atom stereocenters. The third-order valence-electron chi connectivity index (χ3n) is 3.99. The summed E-state index contributed by atoms with van der Waals surface area (Å²) in [7, 11) is 1.51. The van der Waals surface area contributed by atoms with Gasteiger partial charge in [-0.25, -0.2) is 9.78 Å². The number of anilines is 1. The Morgan fingerprint density at radius 2 is 2.07 bits per heavy atom. The van der Waals surface area contributed by atoms with Crippen LogP contribution in [0.2, 0.25) is 5.02 Å². The third kappa shape index (κ3) is 4.20. The van der Waals surface area contributed by atoms with Crippen molar-refractivity contribution in [2.45, 2.75) is 19.4 Å². The van der Waals surface area contributed by atoms with Crippen molar-refractivity contribution >= 4 is 40.2 Å². The molecule has 3 rings (SSSR count). The first kappa shape index (κ1) is 18.7. The van der Waals surface area contributed by atoms with Crippen molar-refractivity contribution in [3.63, 3.8) is 0 Å². The van der Waals surface area contributed by atoms with Gasteiger partial charge in [0.05, 0.1) is 35.1 Å². The smallest absolute Gasteiger partial charge is 0.338 e. The van der Waals surface area contributed by atoms with Gasteiger partial charge in [0, 0.05) is 5.69 Å². The number of methoxy groups -OCH3 is 1. The zero-order valence-corrected chi connectivity index (χ0v) is 15.5. The Morgan fingerprint density at radius 1 is 1.26 bits per heavy atom. The lowest BCUT2D eigenvalue weighted by Gasteiger charge is -2.16. The van der Waals surface area contributed by atoms with Gasteiger partial charge in [0.2, 0.25) is 0 Å². The second-order valence-corrected chi connectivity index (χ2v) is 6.18. The van der Waals surface area contributed by atoms with Crippen molar-refractivity contribution in [1.29, 1.82) is 0 Å². The molecule has 3 aromatic rings. The van der Waals surface area contributed by atoms with E-state index in [-0.39, 0.29) is 0 Å². The first-order valence-corrected chi connectivity index (χ1v) is 8.68. The van der Waals surface area contributed by atoms with E-state index in [0.29, 0.717) is 28.4 Å². The fourth-order valence-electron chi connectivity index (χ4n) is 2.55. The topological polar surface area (TPSA) is 93.3 Å². The standard InChI is InChI=1S/C19H18ClN3O4/c1-3-16(18(24)23-12-5-7-17(26-2)13(20)9-12)27-19(25)11-4-6-14-15(8-11)22-10-21-14/h4-10,16H,3H2,1-2H3,(H,21,22)(H,23,24). The average Bonchev–Trinajstić information content (AvgIpc) is 3.13. The van der Waals surface area contributed by atoms with E-state index >= 15 is 0 Å². The summed E-state index contributed by atoms with van der Waals surface area (Å²) in [6.07, 6.45) is 0.936. The first-order valence-electron chi connectivity index (χ1n) is 8.30. The molecule has 0 aliphatic rings. The molecule has 1 heterocycles. The van der Waals surface area contributed by atoms with Gasteiger partial charge in [-0.15, -0.1) is 0 Å². The van der Waals surface area contributed by atoms with Crippen molar-refractivity contribution in [2.24, 2.45) is 0 Å². The first-order chi connectivity index (χ1) is 13.0. The molecule has 0 radical (unpaired) electrons. The van der Waals surface area contributed by atoms with Crippen LogP contribution in [0.15, 0.2) is 42.7 Å². The highest BCUT2D eigenvalue weighted by Crippen LogP contribution is 2.27. The molecular weight excluding hydrogens is 370 g/mol. The second kappa shape index (κ2) is 8.09. The van der Waals surface area contributed by atoms with Crippen molar-refractivity contribution in [3.05, 3.63) is 53.3 Å². The van der Waals surface area contributed by atoms with Crippen LogP contribution in [0.1, 0.15) is 23.7 Å². The maximum absolute atomic E-state index is 12.5. The number of benzene rings is 2. The third-order valence-corrected chi connectivity index (χ3v) is 4.28. The summed E-state index contributed by atoms with van der Waals surface area (Å²) in [5.74, 6) is -0.515. The number of nitrogens with zero attached hydrogens (tertiary/aromatic N) is 1. The van der Waals surface area contributed by atoms with E-state index < -0.39 is 18.0 Å². The Hall–Kier alpha value is -3.06. The predicted molar refractivity (Wildman–Crippen MR) is 102 cm³/mol. The van der Waals surface area contributed by atoms with Crippen LogP contribution in [0.3, 0.4) is 0 Å². The average molecular weight is 388 g/mol. The minimum absolute atomic E-state index is 0.327. The molecule has 0 bridgehead atoms. The normalized spacial score (nSPS) is 11.8. The monoisotopic (exact) mass is 387 g/mol. The second-order valence-electron chi connectivity index (χ2n) is 5.78. The van der Waals surface area contributed by atoms with Crippen LogP contribution < -0.4 is 10.1 Å². The minimum atomic E-state index is -0.934. The number of aromatic amines is 1. The van der Waals surface area contributed by atoms with Gasteiger partial charge in [-0.1, -0.05) is 18.5 Å². The number of H-pyrrole nitrogens is 1.